The van der Waals surface area contributed by atoms with Crippen molar-refractivity contribution in [1.29, 1.82) is 0 Å². The molecule has 1 saturated heterocycles. The second-order valence-electron chi connectivity index (χ2n) is 13.4. The Hall–Kier alpha value is -3.31. The number of aliphatic hydroxyl groups excluding tert-OH is 1. The first-order valence-electron chi connectivity index (χ1n) is 15.5. The van der Waals surface area contributed by atoms with Crippen LogP contribution in [-0.4, -0.2) is 77.0 Å². The van der Waals surface area contributed by atoms with Gasteiger partial charge in [-0.3, -0.25) is 14.4 Å². The number of ether oxygens (including phenoxy) is 5. The number of hydrogen-bond donors (Lipinski definition) is 1. The smallest absolute Gasteiger partial charge is 0.334 e. The lowest BCUT2D eigenvalue weighted by Gasteiger charge is -2.31. The van der Waals surface area contributed by atoms with E-state index in [1.165, 1.54) is 13.8 Å². The van der Waals surface area contributed by atoms with Gasteiger partial charge in [0, 0.05) is 48.9 Å². The van der Waals surface area contributed by atoms with Crippen molar-refractivity contribution in [3.8, 4) is 0 Å². The molecule has 11 nitrogen and oxygen atoms in total. The van der Waals surface area contributed by atoms with Crippen LogP contribution >= 0.6 is 0 Å². The van der Waals surface area contributed by atoms with E-state index in [1.807, 2.05) is 6.92 Å². The van der Waals surface area contributed by atoms with E-state index in [0.717, 1.165) is 0 Å². The van der Waals surface area contributed by atoms with Gasteiger partial charge in [0.25, 0.3) is 0 Å². The monoisotopic (exact) mass is 630 g/mol. The first-order valence-corrected chi connectivity index (χ1v) is 15.5. The number of Topliss-reactive ketones (excluding diaryl/α,β-unsaturated/α-hetero) is 1. The Bertz CT molecular complexity index is 1380. The Morgan fingerprint density at radius 1 is 0.911 bits per heavy atom. The third-order valence-electron chi connectivity index (χ3n) is 10.4. The molecule has 0 aromatic rings. The van der Waals surface area contributed by atoms with E-state index in [-0.39, 0.29) is 24.7 Å². The molecule has 11 heteroatoms. The molecule has 1 aliphatic heterocycles. The Balaban J connectivity index is 2.00. The van der Waals surface area contributed by atoms with Gasteiger partial charge >= 0.3 is 23.9 Å². The van der Waals surface area contributed by atoms with Gasteiger partial charge < -0.3 is 28.8 Å². The zero-order valence-electron chi connectivity index (χ0n) is 27.8. The van der Waals surface area contributed by atoms with Crippen molar-refractivity contribution in [2.75, 3.05) is 6.61 Å². The molecule has 3 fully saturated rings. The SMILES string of the molecule is C/C=C(\C)C(=O)O[C@H]1[C@H]2[C@@H]([C@@H](OC(C)=O)[C@@H](C)C(=O)[C@@]34C[C@H](C)[C@H](OC(C)=O)[C@]3(/C=C(\C)[C@H]1OC(=O)/C(C)=C/C)O4)[C@@]2(C)CO. The molecule has 4 aliphatic rings. The lowest BCUT2D eigenvalue weighted by molar-refractivity contribution is -0.164. The van der Waals surface area contributed by atoms with Gasteiger partial charge in [-0.15, -0.1) is 0 Å². The van der Waals surface area contributed by atoms with E-state index in [9.17, 15) is 29.1 Å². The summed E-state index contributed by atoms with van der Waals surface area (Å²) in [6.45, 7) is 15.7. The van der Waals surface area contributed by atoms with Crippen molar-refractivity contribution in [1.82, 2.24) is 0 Å². The minimum atomic E-state index is -1.41. The molecular formula is C34H46O11. The second kappa shape index (κ2) is 12.1. The molecule has 45 heavy (non-hydrogen) atoms. The van der Waals surface area contributed by atoms with E-state index in [0.29, 0.717) is 16.7 Å². The first-order chi connectivity index (χ1) is 21.0. The van der Waals surface area contributed by atoms with Gasteiger partial charge in [0.1, 0.15) is 18.3 Å². The number of carbonyl (C=O) groups excluding carboxylic acids is 5. The summed E-state index contributed by atoms with van der Waals surface area (Å²) in [6.07, 6.45) is 0.850. The molecule has 2 saturated carbocycles. The molecule has 4 rings (SSSR count). The fourth-order valence-corrected chi connectivity index (χ4v) is 7.71. The van der Waals surface area contributed by atoms with Crippen LogP contribution in [-0.2, 0) is 47.7 Å². The Labute approximate surface area is 264 Å². The standard InChI is InChI=1S/C34H46O11/c1-11-16(3)30(39)43-25-18(5)13-34-29(42-22(9)37)19(6)14-33(34,45-34)28(38)20(7)26(41-21(8)36)23-24(32(23,10)15-35)27(25)44-31(40)17(4)12-2/h11-13,19-20,23-27,29,35H,14-15H2,1-10H3/b16-11+,17-12+,18-13+/t19-,20+,23-,24+,25+,26-,27-,29-,32+,33-,34-/m0/s1. The van der Waals surface area contributed by atoms with Crippen molar-refractivity contribution < 1.29 is 52.8 Å². The number of esters is 4. The van der Waals surface area contributed by atoms with Crippen LogP contribution in [0.25, 0.3) is 0 Å². The normalized spacial score (nSPS) is 42.0. The zero-order chi connectivity index (χ0) is 33.8. The Morgan fingerprint density at radius 3 is 1.96 bits per heavy atom. The summed E-state index contributed by atoms with van der Waals surface area (Å²) in [7, 11) is 0. The molecule has 248 valence electrons. The van der Waals surface area contributed by atoms with Gasteiger partial charge in [-0.2, -0.15) is 0 Å². The van der Waals surface area contributed by atoms with Crippen LogP contribution in [0.4, 0.5) is 0 Å². The lowest BCUT2D eigenvalue weighted by atomic mass is 9.80. The van der Waals surface area contributed by atoms with Gasteiger partial charge in [-0.25, -0.2) is 9.59 Å². The number of carbonyl (C=O) groups is 5. The Kier molecular flexibility index (Phi) is 9.32. The fraction of sp³-hybridized carbons (Fsp3) is 0.676. The average molecular weight is 631 g/mol. The average Bonchev–Trinajstić information content (AvgIpc) is 3.80. The minimum absolute atomic E-state index is 0.233. The van der Waals surface area contributed by atoms with Crippen LogP contribution in [0.2, 0.25) is 0 Å². The van der Waals surface area contributed by atoms with Crippen molar-refractivity contribution in [2.45, 2.75) is 111 Å². The van der Waals surface area contributed by atoms with Crippen LogP contribution in [0.3, 0.4) is 0 Å². The largest absolute Gasteiger partial charge is 0.461 e. The highest BCUT2D eigenvalue weighted by Gasteiger charge is 2.84. The lowest BCUT2D eigenvalue weighted by Crippen LogP contribution is -2.43. The highest BCUT2D eigenvalue weighted by atomic mass is 16.7. The van der Waals surface area contributed by atoms with Gasteiger partial charge in [0.05, 0.1) is 5.92 Å². The third-order valence-corrected chi connectivity index (χ3v) is 10.4. The van der Waals surface area contributed by atoms with Crippen molar-refractivity contribution in [3.05, 3.63) is 34.9 Å². The van der Waals surface area contributed by atoms with E-state index in [4.69, 9.17) is 23.7 Å². The summed E-state index contributed by atoms with van der Waals surface area (Å²) < 4.78 is 30.2. The maximum atomic E-state index is 14.5. The van der Waals surface area contributed by atoms with Crippen LogP contribution in [0.5, 0.6) is 0 Å². The fourth-order valence-electron chi connectivity index (χ4n) is 7.71. The number of epoxide rings is 1. The highest BCUT2D eigenvalue weighted by Crippen LogP contribution is 2.69. The summed E-state index contributed by atoms with van der Waals surface area (Å²) in [5, 5.41) is 10.7. The molecule has 1 heterocycles. The van der Waals surface area contributed by atoms with Crippen molar-refractivity contribution >= 4 is 29.7 Å². The van der Waals surface area contributed by atoms with Gasteiger partial charge in [-0.05, 0) is 58.6 Å². The Morgan fingerprint density at radius 2 is 1.44 bits per heavy atom. The minimum Gasteiger partial charge on any atom is -0.461 e. The van der Waals surface area contributed by atoms with Gasteiger partial charge in [0.15, 0.2) is 23.1 Å². The molecule has 0 unspecified atom stereocenters. The summed E-state index contributed by atoms with van der Waals surface area (Å²) in [5.41, 5.74) is -2.74. The zero-order valence-corrected chi connectivity index (χ0v) is 27.8. The predicted molar refractivity (Wildman–Crippen MR) is 160 cm³/mol. The molecule has 3 aliphatic carbocycles. The quantitative estimate of drug-likeness (QED) is 0.144. The second-order valence-corrected chi connectivity index (χ2v) is 13.4. The molecule has 0 bridgehead atoms. The van der Waals surface area contributed by atoms with Crippen LogP contribution in [0, 0.1) is 29.1 Å². The van der Waals surface area contributed by atoms with Crippen molar-refractivity contribution in [3.63, 3.8) is 0 Å². The first kappa shape index (κ1) is 34.6. The van der Waals surface area contributed by atoms with E-state index in [1.54, 1.807) is 66.7 Å². The van der Waals surface area contributed by atoms with Gasteiger partial charge in [-0.1, -0.05) is 32.9 Å². The number of ketones is 1. The van der Waals surface area contributed by atoms with E-state index in [2.05, 4.69) is 0 Å². The number of aliphatic hydroxyl groups is 1. The predicted octanol–water partition coefficient (Wildman–Crippen LogP) is 3.56. The van der Waals surface area contributed by atoms with E-state index < -0.39 is 82.7 Å². The summed E-state index contributed by atoms with van der Waals surface area (Å²) in [5.74, 6) is -5.36. The van der Waals surface area contributed by atoms with Gasteiger partial charge in [0.2, 0.25) is 0 Å². The van der Waals surface area contributed by atoms with Crippen LogP contribution in [0.1, 0.15) is 75.7 Å². The molecule has 11 atom stereocenters. The third kappa shape index (κ3) is 5.56. The maximum absolute atomic E-state index is 14.5. The van der Waals surface area contributed by atoms with Crippen LogP contribution < -0.4 is 0 Å². The highest BCUT2D eigenvalue weighted by molar-refractivity contribution is 5.96. The van der Waals surface area contributed by atoms with E-state index >= 15 is 0 Å². The molecule has 0 spiro atoms. The summed E-state index contributed by atoms with van der Waals surface area (Å²) in [6, 6.07) is 0. The molecule has 0 amide bonds. The molecule has 0 radical (unpaired) electrons. The number of fused-ring (bicyclic) bond motifs is 1. The van der Waals surface area contributed by atoms with Crippen molar-refractivity contribution in [2.24, 2.45) is 29.1 Å². The number of rotatable bonds is 7. The molecule has 1 N–H and O–H groups in total. The molecule has 0 aromatic heterocycles. The topological polar surface area (TPSA) is 155 Å². The maximum Gasteiger partial charge on any atom is 0.334 e. The van der Waals surface area contributed by atoms with Crippen LogP contribution in [0.15, 0.2) is 34.9 Å². The molecular weight excluding hydrogens is 584 g/mol. The summed E-state index contributed by atoms with van der Waals surface area (Å²) >= 11 is 0. The number of hydrogen-bond acceptors (Lipinski definition) is 11. The number of allylic oxidation sites excluding steroid dienone is 2. The molecule has 0 aromatic carbocycles. The summed E-state index contributed by atoms with van der Waals surface area (Å²) in [4.78, 5) is 65.9.